The molecule has 1 atom stereocenters. The van der Waals surface area contributed by atoms with Gasteiger partial charge in [-0.05, 0) is 50.6 Å². The van der Waals surface area contributed by atoms with Crippen LogP contribution in [-0.2, 0) is 14.3 Å². The molecule has 0 unspecified atom stereocenters. The molecule has 0 aliphatic rings. The second-order valence-corrected chi connectivity index (χ2v) is 6.00. The highest BCUT2D eigenvalue weighted by Crippen LogP contribution is 2.14. The third-order valence-electron chi connectivity index (χ3n) is 3.71. The van der Waals surface area contributed by atoms with Gasteiger partial charge in [0, 0.05) is 5.69 Å². The summed E-state index contributed by atoms with van der Waals surface area (Å²) < 4.78 is 24.0. The number of anilines is 1. The lowest BCUT2D eigenvalue weighted by molar-refractivity contribution is -0.153. The lowest BCUT2D eigenvalue weighted by atomic mass is 10.2. The molecule has 0 fully saturated rings. The van der Waals surface area contributed by atoms with E-state index < -0.39 is 23.8 Å². The molecule has 6 heteroatoms. The molecule has 1 N–H and O–H groups in total. The molecule has 0 heterocycles. The zero-order valence-electron chi connectivity index (χ0n) is 15.0. The molecule has 0 radical (unpaired) electrons. The lowest BCUT2D eigenvalue weighted by Gasteiger charge is -2.14. The predicted molar refractivity (Wildman–Crippen MR) is 96.6 cm³/mol. The highest BCUT2D eigenvalue weighted by molar-refractivity contribution is 5.95. The van der Waals surface area contributed by atoms with Crippen molar-refractivity contribution in [2.24, 2.45) is 0 Å². The maximum absolute atomic E-state index is 13.5. The summed E-state index contributed by atoms with van der Waals surface area (Å²) in [5, 5.41) is 2.51. The first-order valence-corrected chi connectivity index (χ1v) is 8.31. The number of carbonyl (C=O) groups is 2. The topological polar surface area (TPSA) is 64.6 Å². The van der Waals surface area contributed by atoms with Crippen LogP contribution in [0.5, 0.6) is 5.75 Å². The van der Waals surface area contributed by atoms with Crippen LogP contribution in [0.1, 0.15) is 24.5 Å². The lowest BCUT2D eigenvalue weighted by Crippen LogP contribution is -2.30. The maximum atomic E-state index is 13.5. The number of ether oxygens (including phenoxy) is 2. The number of amides is 1. The van der Waals surface area contributed by atoms with Crippen molar-refractivity contribution in [3.8, 4) is 5.75 Å². The van der Waals surface area contributed by atoms with Gasteiger partial charge in [-0.25, -0.2) is 4.39 Å². The molecule has 138 valence electrons. The van der Waals surface area contributed by atoms with E-state index in [2.05, 4.69) is 5.32 Å². The summed E-state index contributed by atoms with van der Waals surface area (Å²) in [6.07, 6.45) is -0.976. The number of rotatable bonds is 7. The Hall–Kier alpha value is -2.89. The summed E-state index contributed by atoms with van der Waals surface area (Å²) in [5.41, 5.74) is 1.91. The molecular weight excluding hydrogens is 337 g/mol. The van der Waals surface area contributed by atoms with Gasteiger partial charge in [-0.15, -0.1) is 0 Å². The van der Waals surface area contributed by atoms with Gasteiger partial charge >= 0.3 is 5.97 Å². The van der Waals surface area contributed by atoms with Crippen LogP contribution in [-0.4, -0.2) is 24.6 Å². The van der Waals surface area contributed by atoms with E-state index in [-0.39, 0.29) is 13.0 Å². The zero-order chi connectivity index (χ0) is 19.1. The minimum absolute atomic E-state index is 0.0185. The smallest absolute Gasteiger partial charge is 0.310 e. The summed E-state index contributed by atoms with van der Waals surface area (Å²) >= 11 is 0. The van der Waals surface area contributed by atoms with Gasteiger partial charge in [0.15, 0.2) is 6.10 Å². The summed E-state index contributed by atoms with van der Waals surface area (Å²) in [5.74, 6) is -0.827. The molecule has 1 amide bonds. The van der Waals surface area contributed by atoms with Gasteiger partial charge in [0.25, 0.3) is 5.91 Å². The highest BCUT2D eigenvalue weighted by Gasteiger charge is 2.18. The fourth-order valence-electron chi connectivity index (χ4n) is 2.11. The fraction of sp³-hybridized carbons (Fsp3) is 0.300. The van der Waals surface area contributed by atoms with Crippen LogP contribution in [0, 0.1) is 19.7 Å². The van der Waals surface area contributed by atoms with Crippen molar-refractivity contribution in [2.75, 3.05) is 11.9 Å². The fourth-order valence-corrected chi connectivity index (χ4v) is 2.11. The Kier molecular flexibility index (Phi) is 6.72. The third-order valence-corrected chi connectivity index (χ3v) is 3.71. The van der Waals surface area contributed by atoms with Crippen molar-refractivity contribution in [3.63, 3.8) is 0 Å². The minimum atomic E-state index is -0.994. The Bertz CT molecular complexity index is 774. The van der Waals surface area contributed by atoms with Gasteiger partial charge < -0.3 is 14.8 Å². The number of hydrogen-bond donors (Lipinski definition) is 1. The number of nitrogens with one attached hydrogen (secondary N) is 1. The first-order valence-electron chi connectivity index (χ1n) is 8.31. The van der Waals surface area contributed by atoms with E-state index in [9.17, 15) is 14.0 Å². The molecule has 2 rings (SSSR count). The van der Waals surface area contributed by atoms with E-state index in [0.29, 0.717) is 17.0 Å². The van der Waals surface area contributed by atoms with Crippen LogP contribution in [0.4, 0.5) is 10.1 Å². The van der Waals surface area contributed by atoms with Crippen LogP contribution >= 0.6 is 0 Å². The standard InChI is InChI=1S/C20H22FNO4/c1-13-4-8-17(9-5-13)25-11-10-19(23)26-15(3)20(24)22-16-7-6-14(2)18(21)12-16/h4-9,12,15H,10-11H2,1-3H3,(H,22,24)/t15-/m0/s1. The van der Waals surface area contributed by atoms with Gasteiger partial charge in [-0.1, -0.05) is 23.8 Å². The number of halogens is 1. The van der Waals surface area contributed by atoms with E-state index in [1.165, 1.54) is 13.0 Å². The summed E-state index contributed by atoms with van der Waals surface area (Å²) in [4.78, 5) is 23.8. The van der Waals surface area contributed by atoms with Gasteiger partial charge in [0.2, 0.25) is 0 Å². The van der Waals surface area contributed by atoms with Crippen LogP contribution in [0.2, 0.25) is 0 Å². The van der Waals surface area contributed by atoms with Crippen molar-refractivity contribution < 1.29 is 23.5 Å². The van der Waals surface area contributed by atoms with E-state index in [1.807, 2.05) is 31.2 Å². The first-order chi connectivity index (χ1) is 12.3. The quantitative estimate of drug-likeness (QED) is 0.764. The molecule has 0 aromatic heterocycles. The van der Waals surface area contributed by atoms with Crippen LogP contribution < -0.4 is 10.1 Å². The second-order valence-electron chi connectivity index (χ2n) is 6.00. The van der Waals surface area contributed by atoms with Gasteiger partial charge in [-0.2, -0.15) is 0 Å². The van der Waals surface area contributed by atoms with E-state index >= 15 is 0 Å². The SMILES string of the molecule is Cc1ccc(OCCC(=O)O[C@@H](C)C(=O)Nc2ccc(C)c(F)c2)cc1. The molecule has 26 heavy (non-hydrogen) atoms. The average molecular weight is 359 g/mol. The number of benzene rings is 2. The van der Waals surface area contributed by atoms with Gasteiger partial charge in [0.1, 0.15) is 11.6 Å². The first kappa shape index (κ1) is 19.4. The zero-order valence-corrected chi connectivity index (χ0v) is 15.0. The van der Waals surface area contributed by atoms with Crippen molar-refractivity contribution in [1.29, 1.82) is 0 Å². The van der Waals surface area contributed by atoms with Crippen LogP contribution in [0.15, 0.2) is 42.5 Å². The normalized spacial score (nSPS) is 11.5. The average Bonchev–Trinajstić information content (AvgIpc) is 2.60. The summed E-state index contributed by atoms with van der Waals surface area (Å²) in [6.45, 7) is 5.21. The van der Waals surface area contributed by atoms with Crippen LogP contribution in [0.25, 0.3) is 0 Å². The van der Waals surface area contributed by atoms with E-state index in [1.54, 1.807) is 19.1 Å². The summed E-state index contributed by atoms with van der Waals surface area (Å²) in [6, 6.07) is 11.8. The summed E-state index contributed by atoms with van der Waals surface area (Å²) in [7, 11) is 0. The van der Waals surface area contributed by atoms with Crippen molar-refractivity contribution in [3.05, 3.63) is 59.4 Å². The molecule has 2 aromatic carbocycles. The molecule has 0 aliphatic carbocycles. The van der Waals surface area contributed by atoms with Crippen molar-refractivity contribution in [2.45, 2.75) is 33.3 Å². The molecule has 5 nitrogen and oxygen atoms in total. The number of hydrogen-bond acceptors (Lipinski definition) is 4. The largest absolute Gasteiger partial charge is 0.493 e. The molecule has 0 saturated heterocycles. The van der Waals surface area contributed by atoms with E-state index in [4.69, 9.17) is 9.47 Å². The van der Waals surface area contributed by atoms with E-state index in [0.717, 1.165) is 5.56 Å². The predicted octanol–water partition coefficient (Wildman–Crippen LogP) is 3.78. The van der Waals surface area contributed by atoms with Gasteiger partial charge in [0.05, 0.1) is 13.0 Å². The maximum Gasteiger partial charge on any atom is 0.310 e. The molecule has 0 aliphatic heterocycles. The highest BCUT2D eigenvalue weighted by atomic mass is 19.1. The van der Waals surface area contributed by atoms with Crippen molar-refractivity contribution in [1.82, 2.24) is 0 Å². The Labute approximate surface area is 152 Å². The number of carbonyl (C=O) groups excluding carboxylic acids is 2. The van der Waals surface area contributed by atoms with Crippen LogP contribution in [0.3, 0.4) is 0 Å². The minimum Gasteiger partial charge on any atom is -0.493 e. The monoisotopic (exact) mass is 359 g/mol. The Balaban J connectivity index is 1.75. The number of esters is 1. The van der Waals surface area contributed by atoms with Crippen molar-refractivity contribution >= 4 is 17.6 Å². The Morgan fingerprint density at radius 1 is 1.12 bits per heavy atom. The second kappa shape index (κ2) is 8.99. The molecular formula is C20H22FNO4. The number of aryl methyl sites for hydroxylation is 2. The Morgan fingerprint density at radius 3 is 2.46 bits per heavy atom. The van der Waals surface area contributed by atoms with Gasteiger partial charge in [-0.3, -0.25) is 9.59 Å². The molecule has 2 aromatic rings. The molecule has 0 saturated carbocycles. The molecule has 0 bridgehead atoms. The molecule has 0 spiro atoms. The Morgan fingerprint density at radius 2 is 1.81 bits per heavy atom. The third kappa shape index (κ3) is 5.88.